The normalized spacial score (nSPS) is 11.8. The van der Waals surface area contributed by atoms with Gasteiger partial charge in [-0.05, 0) is 38.0 Å². The molecule has 1 aromatic rings. The van der Waals surface area contributed by atoms with Gasteiger partial charge in [-0.25, -0.2) is 0 Å². The summed E-state index contributed by atoms with van der Waals surface area (Å²) < 4.78 is 10.9. The second-order valence-corrected chi connectivity index (χ2v) is 4.72. The number of carbonyl (C=O) groups is 1. The molecule has 5 heteroatoms. The van der Waals surface area contributed by atoms with Gasteiger partial charge in [-0.1, -0.05) is 6.07 Å². The molecule has 0 saturated heterocycles. The van der Waals surface area contributed by atoms with Crippen molar-refractivity contribution in [1.82, 2.24) is 5.32 Å². The first-order chi connectivity index (χ1) is 9.56. The first-order valence-electron chi connectivity index (χ1n) is 6.88. The van der Waals surface area contributed by atoms with Crippen LogP contribution in [-0.4, -0.2) is 32.2 Å². The van der Waals surface area contributed by atoms with Crippen molar-refractivity contribution in [2.24, 2.45) is 5.73 Å². The van der Waals surface area contributed by atoms with Gasteiger partial charge in [-0.2, -0.15) is 0 Å². The molecule has 5 nitrogen and oxygen atoms in total. The molecule has 112 valence electrons. The Bertz CT molecular complexity index is 433. The van der Waals surface area contributed by atoms with Gasteiger partial charge in [0.2, 0.25) is 5.91 Å². The van der Waals surface area contributed by atoms with E-state index in [0.29, 0.717) is 31.1 Å². The highest BCUT2D eigenvalue weighted by Gasteiger charge is 2.08. The molecule has 0 aliphatic carbocycles. The van der Waals surface area contributed by atoms with E-state index in [2.05, 4.69) is 5.32 Å². The van der Waals surface area contributed by atoms with Crippen molar-refractivity contribution in [3.8, 4) is 11.5 Å². The Kier molecular flexibility index (Phi) is 6.87. The zero-order valence-corrected chi connectivity index (χ0v) is 12.4. The van der Waals surface area contributed by atoms with E-state index < -0.39 is 0 Å². The number of hydrogen-bond donors (Lipinski definition) is 2. The second-order valence-electron chi connectivity index (χ2n) is 4.72. The van der Waals surface area contributed by atoms with Crippen molar-refractivity contribution in [3.05, 3.63) is 23.8 Å². The molecule has 0 bridgehead atoms. The Morgan fingerprint density at radius 2 is 2.15 bits per heavy atom. The number of nitrogens with one attached hydrogen (secondary N) is 1. The van der Waals surface area contributed by atoms with Crippen LogP contribution in [0.2, 0.25) is 0 Å². The number of nitrogens with two attached hydrogens (primary N) is 1. The highest BCUT2D eigenvalue weighted by molar-refractivity contribution is 5.75. The average Bonchev–Trinajstić information content (AvgIpc) is 2.38. The van der Waals surface area contributed by atoms with Gasteiger partial charge < -0.3 is 20.5 Å². The van der Waals surface area contributed by atoms with E-state index in [4.69, 9.17) is 15.2 Å². The van der Waals surface area contributed by atoms with Crippen LogP contribution in [0.25, 0.3) is 0 Å². The summed E-state index contributed by atoms with van der Waals surface area (Å²) in [6.07, 6.45) is 1.10. The lowest BCUT2D eigenvalue weighted by atomic mass is 10.1. The Morgan fingerprint density at radius 3 is 2.75 bits per heavy atom. The molecule has 0 radical (unpaired) electrons. The predicted octanol–water partition coefficient (Wildman–Crippen LogP) is 1.49. The monoisotopic (exact) mass is 280 g/mol. The summed E-state index contributed by atoms with van der Waals surface area (Å²) in [6.45, 7) is 4.80. The number of rotatable bonds is 8. The molecule has 0 spiro atoms. The van der Waals surface area contributed by atoms with Gasteiger partial charge in [-0.15, -0.1) is 0 Å². The summed E-state index contributed by atoms with van der Waals surface area (Å²) in [5, 5.41) is 2.73. The molecule has 3 N–H and O–H groups in total. The molecule has 1 rings (SSSR count). The fourth-order valence-corrected chi connectivity index (χ4v) is 1.87. The summed E-state index contributed by atoms with van der Waals surface area (Å²) in [6, 6.07) is 5.84. The van der Waals surface area contributed by atoms with E-state index in [1.54, 1.807) is 7.11 Å². The van der Waals surface area contributed by atoms with E-state index >= 15 is 0 Å². The number of carbonyl (C=O) groups excluding carboxylic acids is 1. The minimum Gasteiger partial charge on any atom is -0.493 e. The lowest BCUT2D eigenvalue weighted by molar-refractivity contribution is -0.121. The van der Waals surface area contributed by atoms with Crippen molar-refractivity contribution in [2.45, 2.75) is 32.7 Å². The lowest BCUT2D eigenvalue weighted by Crippen LogP contribution is -2.24. The molecule has 1 unspecified atom stereocenters. The minimum absolute atomic E-state index is 0.0156. The average molecular weight is 280 g/mol. The third-order valence-electron chi connectivity index (χ3n) is 2.75. The summed E-state index contributed by atoms with van der Waals surface area (Å²) in [5.74, 6) is 1.29. The summed E-state index contributed by atoms with van der Waals surface area (Å²) in [5.41, 5.74) is 6.88. The van der Waals surface area contributed by atoms with E-state index in [-0.39, 0.29) is 11.9 Å². The predicted molar refractivity (Wildman–Crippen MR) is 79.1 cm³/mol. The fourth-order valence-electron chi connectivity index (χ4n) is 1.87. The van der Waals surface area contributed by atoms with E-state index in [1.807, 2.05) is 32.0 Å². The first kappa shape index (κ1) is 16.3. The van der Waals surface area contributed by atoms with Crippen molar-refractivity contribution in [3.63, 3.8) is 0 Å². The molecule has 1 atom stereocenters. The topological polar surface area (TPSA) is 73.6 Å². The standard InChI is InChI=1S/C15H24N2O3/c1-4-17-15(18)7-8-20-14-10-12(9-11(2)16)5-6-13(14)19-3/h5-6,10-11H,4,7-9,16H2,1-3H3,(H,17,18). The van der Waals surface area contributed by atoms with Gasteiger partial charge in [0.15, 0.2) is 11.5 Å². The van der Waals surface area contributed by atoms with E-state index in [1.165, 1.54) is 0 Å². The molecular weight excluding hydrogens is 256 g/mol. The SMILES string of the molecule is CCNC(=O)CCOc1cc(CC(C)N)ccc1OC. The second kappa shape index (κ2) is 8.43. The van der Waals surface area contributed by atoms with Gasteiger partial charge in [0, 0.05) is 12.6 Å². The van der Waals surface area contributed by atoms with Crippen molar-refractivity contribution < 1.29 is 14.3 Å². The quantitative estimate of drug-likeness (QED) is 0.756. The third-order valence-corrected chi connectivity index (χ3v) is 2.75. The maximum atomic E-state index is 11.4. The maximum Gasteiger partial charge on any atom is 0.223 e. The van der Waals surface area contributed by atoms with Gasteiger partial charge in [0.25, 0.3) is 0 Å². The molecule has 0 aliphatic rings. The third kappa shape index (κ3) is 5.48. The molecule has 0 fully saturated rings. The Morgan fingerprint density at radius 1 is 1.40 bits per heavy atom. The van der Waals surface area contributed by atoms with Gasteiger partial charge in [0.1, 0.15) is 0 Å². The number of amides is 1. The van der Waals surface area contributed by atoms with Crippen LogP contribution < -0.4 is 20.5 Å². The minimum atomic E-state index is -0.0156. The molecule has 0 aliphatic heterocycles. The van der Waals surface area contributed by atoms with E-state index in [9.17, 15) is 4.79 Å². The molecule has 20 heavy (non-hydrogen) atoms. The largest absolute Gasteiger partial charge is 0.493 e. The number of methoxy groups -OCH3 is 1. The van der Waals surface area contributed by atoms with Gasteiger partial charge >= 0.3 is 0 Å². The molecule has 0 saturated carbocycles. The smallest absolute Gasteiger partial charge is 0.223 e. The first-order valence-corrected chi connectivity index (χ1v) is 6.88. The van der Waals surface area contributed by atoms with Crippen LogP contribution in [-0.2, 0) is 11.2 Å². The van der Waals surface area contributed by atoms with Crippen LogP contribution in [0.15, 0.2) is 18.2 Å². The Labute approximate surface area is 120 Å². The van der Waals surface area contributed by atoms with E-state index in [0.717, 1.165) is 12.0 Å². The maximum absolute atomic E-state index is 11.4. The van der Waals surface area contributed by atoms with Crippen molar-refractivity contribution in [2.75, 3.05) is 20.3 Å². The van der Waals surface area contributed by atoms with Crippen LogP contribution in [0.1, 0.15) is 25.8 Å². The Hall–Kier alpha value is -1.75. The number of hydrogen-bond acceptors (Lipinski definition) is 4. The summed E-state index contributed by atoms with van der Waals surface area (Å²) in [4.78, 5) is 11.4. The number of ether oxygens (including phenoxy) is 2. The van der Waals surface area contributed by atoms with Crippen LogP contribution in [0, 0.1) is 0 Å². The highest BCUT2D eigenvalue weighted by Crippen LogP contribution is 2.28. The molecular formula is C15H24N2O3. The van der Waals surface area contributed by atoms with Crippen LogP contribution in [0.5, 0.6) is 11.5 Å². The van der Waals surface area contributed by atoms with Gasteiger partial charge in [0.05, 0.1) is 20.1 Å². The summed E-state index contributed by atoms with van der Waals surface area (Å²) in [7, 11) is 1.59. The van der Waals surface area contributed by atoms with Crippen LogP contribution >= 0.6 is 0 Å². The Balaban J connectivity index is 2.63. The zero-order valence-electron chi connectivity index (χ0n) is 12.4. The molecule has 0 heterocycles. The van der Waals surface area contributed by atoms with Crippen molar-refractivity contribution in [1.29, 1.82) is 0 Å². The van der Waals surface area contributed by atoms with Crippen molar-refractivity contribution >= 4 is 5.91 Å². The molecule has 1 aromatic carbocycles. The molecule has 1 amide bonds. The van der Waals surface area contributed by atoms with Gasteiger partial charge in [-0.3, -0.25) is 4.79 Å². The zero-order chi connectivity index (χ0) is 15.0. The lowest BCUT2D eigenvalue weighted by Gasteiger charge is -2.13. The highest BCUT2D eigenvalue weighted by atomic mass is 16.5. The van der Waals surface area contributed by atoms with Crippen LogP contribution in [0.3, 0.4) is 0 Å². The number of benzene rings is 1. The summed E-state index contributed by atoms with van der Waals surface area (Å²) >= 11 is 0. The fraction of sp³-hybridized carbons (Fsp3) is 0.533. The molecule has 0 aromatic heterocycles. The van der Waals surface area contributed by atoms with Crippen LogP contribution in [0.4, 0.5) is 0 Å².